The van der Waals surface area contributed by atoms with Gasteiger partial charge in [0, 0.05) is 23.3 Å². The summed E-state index contributed by atoms with van der Waals surface area (Å²) in [4.78, 5) is 4.16. The highest BCUT2D eigenvalue weighted by Crippen LogP contribution is 2.28. The number of anilines is 2. The number of sulfonamides is 1. The van der Waals surface area contributed by atoms with E-state index >= 15 is 0 Å². The second kappa shape index (κ2) is 6.64. The van der Waals surface area contributed by atoms with E-state index in [1.807, 2.05) is 6.92 Å². The van der Waals surface area contributed by atoms with Gasteiger partial charge in [0.2, 0.25) is 0 Å². The van der Waals surface area contributed by atoms with Gasteiger partial charge in [-0.05, 0) is 31.2 Å². The molecule has 8 heteroatoms. The van der Waals surface area contributed by atoms with Crippen LogP contribution in [0.2, 0.25) is 5.02 Å². The Morgan fingerprint density at radius 2 is 2.05 bits per heavy atom. The van der Waals surface area contributed by atoms with Crippen LogP contribution in [0.25, 0.3) is 0 Å². The zero-order chi connectivity index (χ0) is 15.5. The first-order valence-electron chi connectivity index (χ1n) is 6.10. The fourth-order valence-electron chi connectivity index (χ4n) is 1.64. The van der Waals surface area contributed by atoms with E-state index in [1.54, 1.807) is 18.2 Å². The van der Waals surface area contributed by atoms with Gasteiger partial charge in [-0.3, -0.25) is 4.72 Å². The number of aromatic nitrogens is 1. The average Bonchev–Trinajstić information content (AvgIpc) is 2.43. The van der Waals surface area contributed by atoms with Crippen molar-refractivity contribution in [1.82, 2.24) is 4.98 Å². The minimum absolute atomic E-state index is 0.115. The minimum atomic E-state index is -3.73. The van der Waals surface area contributed by atoms with Crippen molar-refractivity contribution < 1.29 is 8.42 Å². The monoisotopic (exact) mass is 389 g/mol. The summed E-state index contributed by atoms with van der Waals surface area (Å²) in [6, 6.07) is 7.84. The number of nitrogens with zero attached hydrogens (tertiary/aromatic N) is 1. The molecule has 2 rings (SSSR count). The fraction of sp³-hybridized carbons (Fsp3) is 0.154. The molecule has 5 nitrogen and oxygen atoms in total. The van der Waals surface area contributed by atoms with Gasteiger partial charge in [0.15, 0.2) is 0 Å². The van der Waals surface area contributed by atoms with Gasteiger partial charge in [-0.1, -0.05) is 27.5 Å². The standard InChI is InChI=1S/C13H13BrClN3O2S/c1-2-16-13-8-10(5-6-17-13)21(19,20)18-12-7-9(14)3-4-11(12)15/h3-8,18H,2H2,1H3,(H,16,17). The molecule has 0 fully saturated rings. The van der Waals surface area contributed by atoms with Crippen LogP contribution in [0.5, 0.6) is 0 Å². The first-order valence-corrected chi connectivity index (χ1v) is 8.75. The molecule has 0 saturated heterocycles. The van der Waals surface area contributed by atoms with Gasteiger partial charge in [0.05, 0.1) is 15.6 Å². The summed E-state index contributed by atoms with van der Waals surface area (Å²) in [5.41, 5.74) is 0.313. The molecule has 1 heterocycles. The molecule has 21 heavy (non-hydrogen) atoms. The number of pyridine rings is 1. The van der Waals surface area contributed by atoms with Gasteiger partial charge in [-0.2, -0.15) is 0 Å². The predicted molar refractivity (Wildman–Crippen MR) is 88.4 cm³/mol. The second-order valence-electron chi connectivity index (χ2n) is 4.14. The van der Waals surface area contributed by atoms with Crippen LogP contribution >= 0.6 is 27.5 Å². The number of rotatable bonds is 5. The minimum Gasteiger partial charge on any atom is -0.370 e. The zero-order valence-corrected chi connectivity index (χ0v) is 14.3. The Balaban J connectivity index is 2.34. The van der Waals surface area contributed by atoms with Crippen LogP contribution in [0.3, 0.4) is 0 Å². The lowest BCUT2D eigenvalue weighted by Crippen LogP contribution is -2.14. The maximum absolute atomic E-state index is 12.4. The summed E-state index contributed by atoms with van der Waals surface area (Å²) >= 11 is 9.28. The van der Waals surface area contributed by atoms with Crippen molar-refractivity contribution in [2.24, 2.45) is 0 Å². The van der Waals surface area contributed by atoms with Crippen molar-refractivity contribution >= 4 is 49.1 Å². The van der Waals surface area contributed by atoms with Crippen LogP contribution in [-0.2, 0) is 10.0 Å². The average molecular weight is 391 g/mol. The fourth-order valence-corrected chi connectivity index (χ4v) is 3.30. The lowest BCUT2D eigenvalue weighted by atomic mass is 10.3. The van der Waals surface area contributed by atoms with Crippen LogP contribution in [0, 0.1) is 0 Å². The van der Waals surface area contributed by atoms with Crippen LogP contribution in [-0.4, -0.2) is 19.9 Å². The molecule has 2 aromatic rings. The first kappa shape index (κ1) is 16.1. The number of nitrogens with one attached hydrogen (secondary N) is 2. The van der Waals surface area contributed by atoms with Crippen LogP contribution in [0.1, 0.15) is 6.92 Å². The number of hydrogen-bond acceptors (Lipinski definition) is 4. The second-order valence-corrected chi connectivity index (χ2v) is 7.14. The number of hydrogen-bond donors (Lipinski definition) is 2. The van der Waals surface area contributed by atoms with Crippen molar-refractivity contribution in [2.45, 2.75) is 11.8 Å². The lowest BCUT2D eigenvalue weighted by molar-refractivity contribution is 0.601. The topological polar surface area (TPSA) is 71.1 Å². The Bertz CT molecular complexity index is 753. The van der Waals surface area contributed by atoms with Crippen molar-refractivity contribution in [2.75, 3.05) is 16.6 Å². The molecular weight excluding hydrogens is 378 g/mol. The molecule has 2 N–H and O–H groups in total. The molecule has 0 aliphatic heterocycles. The Hall–Kier alpha value is -1.31. The maximum atomic E-state index is 12.4. The molecular formula is C13H13BrClN3O2S. The predicted octanol–water partition coefficient (Wildman–Crippen LogP) is 3.73. The lowest BCUT2D eigenvalue weighted by Gasteiger charge is -2.11. The molecule has 0 saturated carbocycles. The Morgan fingerprint density at radius 1 is 1.29 bits per heavy atom. The van der Waals surface area contributed by atoms with Crippen molar-refractivity contribution in [1.29, 1.82) is 0 Å². The zero-order valence-electron chi connectivity index (χ0n) is 11.1. The van der Waals surface area contributed by atoms with E-state index in [9.17, 15) is 8.42 Å². The third-order valence-corrected chi connectivity index (χ3v) is 4.76. The molecule has 0 spiro atoms. The quantitative estimate of drug-likeness (QED) is 0.816. The van der Waals surface area contributed by atoms with Gasteiger partial charge in [-0.15, -0.1) is 0 Å². The molecule has 0 unspecified atom stereocenters. The first-order chi connectivity index (χ1) is 9.92. The maximum Gasteiger partial charge on any atom is 0.262 e. The summed E-state index contributed by atoms with van der Waals surface area (Å²) < 4.78 is 28.0. The molecule has 1 aromatic heterocycles. The SMILES string of the molecule is CCNc1cc(S(=O)(=O)Nc2cc(Br)ccc2Cl)ccn1. The van der Waals surface area contributed by atoms with Gasteiger partial charge < -0.3 is 5.32 Å². The van der Waals surface area contributed by atoms with Gasteiger partial charge in [-0.25, -0.2) is 13.4 Å². The van der Waals surface area contributed by atoms with E-state index in [0.717, 1.165) is 4.47 Å². The highest BCUT2D eigenvalue weighted by molar-refractivity contribution is 9.10. The van der Waals surface area contributed by atoms with Gasteiger partial charge in [0.1, 0.15) is 5.82 Å². The molecule has 0 bridgehead atoms. The summed E-state index contributed by atoms with van der Waals surface area (Å²) in [6.07, 6.45) is 1.44. The van der Waals surface area contributed by atoms with Gasteiger partial charge >= 0.3 is 0 Å². The highest BCUT2D eigenvalue weighted by Gasteiger charge is 2.16. The number of benzene rings is 1. The van der Waals surface area contributed by atoms with Crippen LogP contribution < -0.4 is 10.0 Å². The van der Waals surface area contributed by atoms with E-state index in [4.69, 9.17) is 11.6 Å². The molecule has 0 atom stereocenters. The van der Waals surface area contributed by atoms with Crippen LogP contribution in [0.15, 0.2) is 45.9 Å². The molecule has 0 radical (unpaired) electrons. The Morgan fingerprint density at radius 3 is 2.76 bits per heavy atom. The highest BCUT2D eigenvalue weighted by atomic mass is 79.9. The van der Waals surface area contributed by atoms with E-state index < -0.39 is 10.0 Å². The van der Waals surface area contributed by atoms with E-state index in [1.165, 1.54) is 18.3 Å². The summed E-state index contributed by atoms with van der Waals surface area (Å²) in [7, 11) is -3.73. The Labute approximate surface area is 136 Å². The molecule has 112 valence electrons. The molecule has 0 aliphatic carbocycles. The molecule has 1 aromatic carbocycles. The van der Waals surface area contributed by atoms with E-state index in [2.05, 4.69) is 31.0 Å². The third kappa shape index (κ3) is 4.09. The Kier molecular flexibility index (Phi) is 5.08. The van der Waals surface area contributed by atoms with Gasteiger partial charge in [0.25, 0.3) is 10.0 Å². The van der Waals surface area contributed by atoms with E-state index in [-0.39, 0.29) is 4.90 Å². The van der Waals surface area contributed by atoms with Crippen molar-refractivity contribution in [3.05, 3.63) is 46.0 Å². The summed E-state index contributed by atoms with van der Waals surface area (Å²) in [5, 5.41) is 3.29. The van der Waals surface area contributed by atoms with E-state index in [0.29, 0.717) is 23.1 Å². The van der Waals surface area contributed by atoms with Crippen molar-refractivity contribution in [3.63, 3.8) is 0 Å². The van der Waals surface area contributed by atoms with Crippen LogP contribution in [0.4, 0.5) is 11.5 Å². The van der Waals surface area contributed by atoms with Crippen molar-refractivity contribution in [3.8, 4) is 0 Å². The molecule has 0 aliphatic rings. The summed E-state index contributed by atoms with van der Waals surface area (Å²) in [5.74, 6) is 0.501. The molecule has 0 amide bonds. The third-order valence-electron chi connectivity index (χ3n) is 2.57. The normalized spacial score (nSPS) is 11.2. The number of halogens is 2. The summed E-state index contributed by atoms with van der Waals surface area (Å²) in [6.45, 7) is 2.56. The smallest absolute Gasteiger partial charge is 0.262 e. The largest absolute Gasteiger partial charge is 0.370 e.